The molecule has 0 unspecified atom stereocenters. The van der Waals surface area contributed by atoms with Gasteiger partial charge in [0.05, 0.1) is 0 Å². The van der Waals surface area contributed by atoms with Crippen LogP contribution in [0.1, 0.15) is 18.4 Å². The quantitative estimate of drug-likeness (QED) is 0.322. The van der Waals surface area contributed by atoms with E-state index >= 15 is 0 Å². The van der Waals surface area contributed by atoms with Crippen LogP contribution in [0, 0.1) is 0 Å². The molecule has 0 fully saturated rings. The Hall–Kier alpha value is -2.21. The molecule has 1 aliphatic carbocycles. The Labute approximate surface area is 162 Å². The number of carbonyl (C=O) groups excluding carboxylic acids is 1. The summed E-state index contributed by atoms with van der Waals surface area (Å²) in [7, 11) is 0. The van der Waals surface area contributed by atoms with E-state index in [0.717, 1.165) is 39.9 Å². The van der Waals surface area contributed by atoms with Gasteiger partial charge in [0.15, 0.2) is 0 Å². The van der Waals surface area contributed by atoms with Crippen LogP contribution in [-0.4, -0.2) is 5.91 Å². The van der Waals surface area contributed by atoms with Crippen molar-refractivity contribution in [2.24, 2.45) is 0 Å². The molecule has 1 aromatic carbocycles. The monoisotopic (exact) mass is 386 g/mol. The third-order valence-electron chi connectivity index (χ3n) is 3.87. The standard InChI is InChI=1S/C20H19ClN2O2S/c1-2-14(10-11-17-12-15-6-3-4-9-19(15)25-17)20(24)22-23-26-18-8-5-7-16(21)13-18/h2-4,6,8-11,13,23H,1,5,7,12H2,(H,22,24)/b14-10+,17-11+. The maximum absolute atomic E-state index is 12.2. The van der Waals surface area contributed by atoms with Crippen molar-refractivity contribution < 1.29 is 9.53 Å². The molecule has 134 valence electrons. The fourth-order valence-corrected chi connectivity index (χ4v) is 3.49. The molecule has 1 aromatic rings. The molecule has 0 saturated heterocycles. The minimum atomic E-state index is -0.272. The normalized spacial score (nSPS) is 17.9. The number of amides is 1. The van der Waals surface area contributed by atoms with Crippen molar-refractivity contribution >= 4 is 29.5 Å². The van der Waals surface area contributed by atoms with Gasteiger partial charge in [-0.2, -0.15) is 4.83 Å². The SMILES string of the molecule is C=C/C(=C\C=C1/Cc2ccccc2O1)C(=O)NNSC1=CCCC(Cl)=C1. The van der Waals surface area contributed by atoms with E-state index in [1.807, 2.05) is 30.3 Å². The van der Waals surface area contributed by atoms with Crippen LogP contribution in [0.4, 0.5) is 0 Å². The van der Waals surface area contributed by atoms with Gasteiger partial charge in [-0.15, -0.1) is 0 Å². The topological polar surface area (TPSA) is 50.4 Å². The van der Waals surface area contributed by atoms with Gasteiger partial charge in [-0.1, -0.05) is 48.5 Å². The van der Waals surface area contributed by atoms with Crippen LogP contribution in [0.2, 0.25) is 0 Å². The molecule has 0 bridgehead atoms. The lowest BCUT2D eigenvalue weighted by atomic mass is 10.1. The smallest absolute Gasteiger partial charge is 0.266 e. The van der Waals surface area contributed by atoms with Gasteiger partial charge in [0.1, 0.15) is 11.5 Å². The summed E-state index contributed by atoms with van der Waals surface area (Å²) in [6.07, 6.45) is 11.5. The van der Waals surface area contributed by atoms with Gasteiger partial charge >= 0.3 is 0 Å². The Bertz CT molecular complexity index is 813. The Morgan fingerprint density at radius 3 is 2.96 bits per heavy atom. The van der Waals surface area contributed by atoms with Crippen molar-refractivity contribution in [3.63, 3.8) is 0 Å². The van der Waals surface area contributed by atoms with Crippen molar-refractivity contribution in [2.75, 3.05) is 0 Å². The molecule has 0 spiro atoms. The molecule has 2 aliphatic rings. The van der Waals surface area contributed by atoms with Crippen molar-refractivity contribution in [1.82, 2.24) is 10.3 Å². The molecule has 0 atom stereocenters. The number of nitrogens with one attached hydrogen (secondary N) is 2. The first kappa shape index (κ1) is 18.6. The zero-order valence-electron chi connectivity index (χ0n) is 14.1. The number of benzene rings is 1. The van der Waals surface area contributed by atoms with Gasteiger partial charge in [0.2, 0.25) is 0 Å². The van der Waals surface area contributed by atoms with Crippen molar-refractivity contribution in [1.29, 1.82) is 0 Å². The number of fused-ring (bicyclic) bond motifs is 1. The average Bonchev–Trinajstić information content (AvgIpc) is 3.05. The maximum Gasteiger partial charge on any atom is 0.266 e. The minimum Gasteiger partial charge on any atom is -0.461 e. The van der Waals surface area contributed by atoms with Gasteiger partial charge < -0.3 is 4.74 Å². The van der Waals surface area contributed by atoms with E-state index in [9.17, 15) is 4.79 Å². The van der Waals surface area contributed by atoms with Crippen molar-refractivity contribution in [2.45, 2.75) is 19.3 Å². The molecule has 26 heavy (non-hydrogen) atoms. The van der Waals surface area contributed by atoms with Crippen LogP contribution in [0.15, 0.2) is 82.5 Å². The number of hydrogen-bond acceptors (Lipinski definition) is 4. The molecule has 1 amide bonds. The fraction of sp³-hybridized carbons (Fsp3) is 0.150. The highest BCUT2D eigenvalue weighted by molar-refractivity contribution is 8.01. The molecule has 0 aromatic heterocycles. The molecule has 0 radical (unpaired) electrons. The number of ether oxygens (including phenoxy) is 1. The van der Waals surface area contributed by atoms with Gasteiger partial charge in [0.25, 0.3) is 5.91 Å². The van der Waals surface area contributed by atoms with E-state index in [1.54, 1.807) is 12.2 Å². The maximum atomic E-state index is 12.2. The number of allylic oxidation sites excluding steroid dienone is 6. The summed E-state index contributed by atoms with van der Waals surface area (Å²) < 4.78 is 5.76. The van der Waals surface area contributed by atoms with Crippen LogP contribution in [0.25, 0.3) is 0 Å². The van der Waals surface area contributed by atoms with Crippen molar-refractivity contribution in [3.8, 4) is 5.75 Å². The Kier molecular flexibility index (Phi) is 6.39. The fourth-order valence-electron chi connectivity index (χ4n) is 2.54. The summed E-state index contributed by atoms with van der Waals surface area (Å²) in [6.45, 7) is 3.70. The molecule has 0 saturated carbocycles. The Morgan fingerprint density at radius 2 is 2.19 bits per heavy atom. The number of carbonyl (C=O) groups is 1. The van der Waals surface area contributed by atoms with Gasteiger partial charge in [-0.3, -0.25) is 10.2 Å². The van der Waals surface area contributed by atoms with Gasteiger partial charge in [-0.05, 0) is 49.1 Å². The predicted octanol–water partition coefficient (Wildman–Crippen LogP) is 4.69. The summed E-state index contributed by atoms with van der Waals surface area (Å²) >= 11 is 7.32. The summed E-state index contributed by atoms with van der Waals surface area (Å²) in [4.78, 5) is 16.1. The second-order valence-corrected chi connectivity index (χ2v) is 7.11. The molecule has 6 heteroatoms. The number of halogens is 1. The average molecular weight is 387 g/mol. The molecule has 4 nitrogen and oxygen atoms in total. The number of para-hydroxylation sites is 1. The predicted molar refractivity (Wildman–Crippen MR) is 107 cm³/mol. The van der Waals surface area contributed by atoms with E-state index < -0.39 is 0 Å². The van der Waals surface area contributed by atoms with E-state index in [2.05, 4.69) is 22.9 Å². The molecule has 3 rings (SSSR count). The van der Waals surface area contributed by atoms with Crippen LogP contribution in [0.5, 0.6) is 5.75 Å². The number of hydrazine groups is 1. The third kappa shape index (κ3) is 4.91. The summed E-state index contributed by atoms with van der Waals surface area (Å²) in [5, 5.41) is 0.819. The zero-order valence-corrected chi connectivity index (χ0v) is 15.7. The van der Waals surface area contributed by atoms with Gasteiger partial charge in [-0.25, -0.2) is 0 Å². The van der Waals surface area contributed by atoms with Crippen LogP contribution < -0.4 is 15.0 Å². The van der Waals surface area contributed by atoms with Crippen molar-refractivity contribution in [3.05, 3.63) is 88.1 Å². The summed E-state index contributed by atoms with van der Waals surface area (Å²) in [5.74, 6) is 1.39. The van der Waals surface area contributed by atoms with E-state index in [-0.39, 0.29) is 5.91 Å². The van der Waals surface area contributed by atoms with Crippen LogP contribution in [-0.2, 0) is 11.2 Å². The largest absolute Gasteiger partial charge is 0.461 e. The highest BCUT2D eigenvalue weighted by Crippen LogP contribution is 2.30. The summed E-state index contributed by atoms with van der Waals surface area (Å²) in [6, 6.07) is 7.89. The summed E-state index contributed by atoms with van der Waals surface area (Å²) in [5.41, 5.74) is 4.22. The first-order valence-electron chi connectivity index (χ1n) is 8.23. The molecular weight excluding hydrogens is 368 g/mol. The highest BCUT2D eigenvalue weighted by Gasteiger charge is 2.15. The van der Waals surface area contributed by atoms with Crippen LogP contribution >= 0.6 is 23.5 Å². The van der Waals surface area contributed by atoms with Crippen LogP contribution in [0.3, 0.4) is 0 Å². The lowest BCUT2D eigenvalue weighted by Crippen LogP contribution is -2.33. The highest BCUT2D eigenvalue weighted by atomic mass is 35.5. The molecule has 2 N–H and O–H groups in total. The molecule has 1 heterocycles. The van der Waals surface area contributed by atoms with E-state index in [1.165, 1.54) is 18.0 Å². The lowest BCUT2D eigenvalue weighted by molar-refractivity contribution is -0.117. The minimum absolute atomic E-state index is 0.272. The number of rotatable bonds is 6. The Morgan fingerprint density at radius 1 is 1.35 bits per heavy atom. The third-order valence-corrected chi connectivity index (χ3v) is 4.89. The number of hydrogen-bond donors (Lipinski definition) is 2. The van der Waals surface area contributed by atoms with E-state index in [4.69, 9.17) is 16.3 Å². The second kappa shape index (κ2) is 8.94. The lowest BCUT2D eigenvalue weighted by Gasteiger charge is -2.10. The Balaban J connectivity index is 1.54. The first-order valence-corrected chi connectivity index (χ1v) is 9.42. The first-order chi connectivity index (χ1) is 12.7. The van der Waals surface area contributed by atoms with E-state index in [0.29, 0.717) is 12.0 Å². The molecular formula is C20H19ClN2O2S. The second-order valence-electron chi connectivity index (χ2n) is 5.74. The zero-order chi connectivity index (χ0) is 18.4. The van der Waals surface area contributed by atoms with Gasteiger partial charge in [0, 0.05) is 27.5 Å². The molecule has 1 aliphatic heterocycles.